The number of ether oxygens (including phenoxy) is 2. The smallest absolute Gasteiger partial charge is 0.191 e. The zero-order valence-electron chi connectivity index (χ0n) is 17.4. The topological polar surface area (TPSA) is 61.4 Å². The maximum Gasteiger partial charge on any atom is 0.191 e. The normalized spacial score (nSPS) is 18.1. The molecule has 0 aliphatic carbocycles. The van der Waals surface area contributed by atoms with Crippen LogP contribution in [0.5, 0.6) is 0 Å². The lowest BCUT2D eigenvalue weighted by atomic mass is 10.1. The summed E-state index contributed by atoms with van der Waals surface area (Å²) in [4.78, 5) is 9.85. The third-order valence-electron chi connectivity index (χ3n) is 4.58. The first-order valence-corrected chi connectivity index (χ1v) is 10.2. The zero-order valence-corrected chi connectivity index (χ0v) is 17.4. The molecule has 0 aromatic rings. The van der Waals surface area contributed by atoms with E-state index in [9.17, 15) is 0 Å². The Morgan fingerprint density at radius 1 is 1.04 bits per heavy atom. The summed E-state index contributed by atoms with van der Waals surface area (Å²) in [6.07, 6.45) is 0.964. The minimum absolute atomic E-state index is 0.566. The highest BCUT2D eigenvalue weighted by molar-refractivity contribution is 5.79. The average molecular weight is 372 g/mol. The summed E-state index contributed by atoms with van der Waals surface area (Å²) in [5.74, 6) is 1.48. The minimum Gasteiger partial charge on any atom is -0.382 e. The lowest BCUT2D eigenvalue weighted by Gasteiger charge is -2.35. The lowest BCUT2D eigenvalue weighted by molar-refractivity contribution is 0.0698. The van der Waals surface area contributed by atoms with E-state index in [4.69, 9.17) is 14.5 Å². The number of aliphatic imine (C=N–C) groups is 1. The number of nitrogens with zero attached hydrogens (tertiary/aromatic N) is 3. The van der Waals surface area contributed by atoms with Gasteiger partial charge in [0.1, 0.15) is 0 Å². The molecule has 1 aliphatic rings. The number of piperazine rings is 1. The first-order chi connectivity index (χ1) is 12.7. The maximum atomic E-state index is 5.48. The fraction of sp³-hybridized carbons (Fsp3) is 0.947. The van der Waals surface area contributed by atoms with Crippen molar-refractivity contribution in [3.8, 4) is 0 Å². The highest BCUT2D eigenvalue weighted by atomic mass is 16.5. The molecule has 26 heavy (non-hydrogen) atoms. The second-order valence-electron chi connectivity index (χ2n) is 6.95. The molecule has 7 heteroatoms. The van der Waals surface area contributed by atoms with Crippen LogP contribution in [-0.4, -0.2) is 102 Å². The monoisotopic (exact) mass is 371 g/mol. The van der Waals surface area contributed by atoms with Crippen LogP contribution in [0.3, 0.4) is 0 Å². The third-order valence-corrected chi connectivity index (χ3v) is 4.58. The van der Waals surface area contributed by atoms with E-state index in [1.54, 1.807) is 7.11 Å². The van der Waals surface area contributed by atoms with E-state index in [-0.39, 0.29) is 0 Å². The lowest BCUT2D eigenvalue weighted by Crippen LogP contribution is -2.47. The summed E-state index contributed by atoms with van der Waals surface area (Å²) in [6.45, 7) is 18.4. The van der Waals surface area contributed by atoms with Crippen molar-refractivity contribution < 1.29 is 9.47 Å². The Morgan fingerprint density at radius 3 is 2.42 bits per heavy atom. The summed E-state index contributed by atoms with van der Waals surface area (Å²) in [7, 11) is 1.69. The molecule has 1 rings (SSSR count). The minimum atomic E-state index is 0.566. The predicted molar refractivity (Wildman–Crippen MR) is 109 cm³/mol. The Hall–Kier alpha value is -0.890. The van der Waals surface area contributed by atoms with Crippen LogP contribution in [-0.2, 0) is 9.47 Å². The predicted octanol–water partition coefficient (Wildman–Crippen LogP) is 0.868. The summed E-state index contributed by atoms with van der Waals surface area (Å²) < 4.78 is 10.4. The summed E-state index contributed by atoms with van der Waals surface area (Å²) in [6, 6.07) is 0. The number of hydrogen-bond donors (Lipinski definition) is 2. The van der Waals surface area contributed by atoms with Crippen LogP contribution >= 0.6 is 0 Å². The van der Waals surface area contributed by atoms with E-state index >= 15 is 0 Å². The molecule has 0 amide bonds. The van der Waals surface area contributed by atoms with Crippen LogP contribution in [0.25, 0.3) is 0 Å². The molecule has 0 aromatic carbocycles. The van der Waals surface area contributed by atoms with Gasteiger partial charge >= 0.3 is 0 Å². The number of likely N-dealkylation sites (N-methyl/N-ethyl adjacent to an activating group) is 1. The van der Waals surface area contributed by atoms with Crippen LogP contribution < -0.4 is 10.6 Å². The molecule has 1 saturated heterocycles. The number of rotatable bonds is 13. The molecule has 2 N–H and O–H groups in total. The Labute approximate surface area is 160 Å². The van der Waals surface area contributed by atoms with Crippen LogP contribution in [0.4, 0.5) is 0 Å². The van der Waals surface area contributed by atoms with Gasteiger partial charge in [0.05, 0.1) is 13.2 Å². The summed E-state index contributed by atoms with van der Waals surface area (Å²) in [5, 5.41) is 6.72. The Bertz CT molecular complexity index is 360. The largest absolute Gasteiger partial charge is 0.382 e. The number of hydrogen-bond acceptors (Lipinski definition) is 5. The van der Waals surface area contributed by atoms with E-state index < -0.39 is 0 Å². The highest BCUT2D eigenvalue weighted by Gasteiger charge is 2.17. The first-order valence-electron chi connectivity index (χ1n) is 10.2. The SMILES string of the molecule is CCNC(=NCC(C)CN1CCN(CC)CC1)NCCCOCCOC. The van der Waals surface area contributed by atoms with Crippen LogP contribution in [0.15, 0.2) is 4.99 Å². The Balaban J connectivity index is 2.20. The first kappa shape index (κ1) is 23.1. The van der Waals surface area contributed by atoms with E-state index in [0.717, 1.165) is 45.2 Å². The fourth-order valence-electron chi connectivity index (χ4n) is 3.00. The van der Waals surface area contributed by atoms with E-state index in [1.165, 1.54) is 32.7 Å². The van der Waals surface area contributed by atoms with Gasteiger partial charge in [0.2, 0.25) is 0 Å². The van der Waals surface area contributed by atoms with Crippen LogP contribution in [0.2, 0.25) is 0 Å². The van der Waals surface area contributed by atoms with Crippen LogP contribution in [0.1, 0.15) is 27.2 Å². The van der Waals surface area contributed by atoms with E-state index in [0.29, 0.717) is 19.1 Å². The Morgan fingerprint density at radius 2 is 1.77 bits per heavy atom. The number of methoxy groups -OCH3 is 1. The molecule has 1 fully saturated rings. The van der Waals surface area contributed by atoms with E-state index in [1.807, 2.05) is 0 Å². The molecule has 1 unspecified atom stereocenters. The van der Waals surface area contributed by atoms with Crippen molar-refractivity contribution in [2.75, 3.05) is 85.8 Å². The van der Waals surface area contributed by atoms with Gasteiger partial charge in [-0.25, -0.2) is 0 Å². The summed E-state index contributed by atoms with van der Waals surface area (Å²) >= 11 is 0. The van der Waals surface area contributed by atoms with Gasteiger partial charge < -0.3 is 29.9 Å². The van der Waals surface area contributed by atoms with Crippen molar-refractivity contribution in [1.82, 2.24) is 20.4 Å². The third kappa shape index (κ3) is 11.0. The van der Waals surface area contributed by atoms with Gasteiger partial charge in [-0.1, -0.05) is 13.8 Å². The molecule has 0 aromatic heterocycles. The molecule has 0 saturated carbocycles. The quantitative estimate of drug-likeness (QED) is 0.285. The molecular formula is C19H41N5O2. The van der Waals surface area contributed by atoms with Crippen molar-refractivity contribution in [2.24, 2.45) is 10.9 Å². The van der Waals surface area contributed by atoms with Crippen molar-refractivity contribution in [1.29, 1.82) is 0 Å². The number of guanidine groups is 1. The van der Waals surface area contributed by atoms with Crippen LogP contribution in [0, 0.1) is 5.92 Å². The molecule has 1 atom stereocenters. The molecule has 0 radical (unpaired) electrons. The molecule has 0 spiro atoms. The van der Waals surface area contributed by atoms with Gasteiger partial charge in [-0.15, -0.1) is 0 Å². The highest BCUT2D eigenvalue weighted by Crippen LogP contribution is 2.06. The second kappa shape index (κ2) is 15.2. The zero-order chi connectivity index (χ0) is 19.0. The van der Waals surface area contributed by atoms with E-state index in [2.05, 4.69) is 41.2 Å². The standard InChI is InChI=1S/C19H41N5O2/c1-5-20-19(21-8-7-13-26-15-14-25-4)22-16-18(3)17-24-11-9-23(6-2)10-12-24/h18H,5-17H2,1-4H3,(H2,20,21,22). The molecule has 1 heterocycles. The molecule has 7 nitrogen and oxygen atoms in total. The van der Waals surface area contributed by atoms with Gasteiger partial charge in [0.15, 0.2) is 5.96 Å². The summed E-state index contributed by atoms with van der Waals surface area (Å²) in [5.41, 5.74) is 0. The van der Waals surface area contributed by atoms with Gasteiger partial charge in [-0.2, -0.15) is 0 Å². The van der Waals surface area contributed by atoms with Gasteiger partial charge in [0.25, 0.3) is 0 Å². The average Bonchev–Trinajstić information content (AvgIpc) is 2.66. The van der Waals surface area contributed by atoms with Crippen molar-refractivity contribution in [3.05, 3.63) is 0 Å². The molecule has 154 valence electrons. The van der Waals surface area contributed by atoms with Crippen molar-refractivity contribution in [2.45, 2.75) is 27.2 Å². The molecule has 1 aliphatic heterocycles. The van der Waals surface area contributed by atoms with Gasteiger partial charge in [-0.05, 0) is 25.8 Å². The maximum absolute atomic E-state index is 5.48. The Kier molecular flexibility index (Phi) is 13.5. The molecular weight excluding hydrogens is 330 g/mol. The fourth-order valence-corrected chi connectivity index (χ4v) is 3.00. The van der Waals surface area contributed by atoms with Crippen molar-refractivity contribution in [3.63, 3.8) is 0 Å². The van der Waals surface area contributed by atoms with Gasteiger partial charge in [-0.3, -0.25) is 4.99 Å². The molecule has 0 bridgehead atoms. The van der Waals surface area contributed by atoms with Gasteiger partial charge in [0, 0.05) is 66.1 Å². The number of nitrogens with one attached hydrogen (secondary N) is 2. The second-order valence-corrected chi connectivity index (χ2v) is 6.95. The van der Waals surface area contributed by atoms with Crippen molar-refractivity contribution >= 4 is 5.96 Å².